The molecule has 1 fully saturated rings. The first kappa shape index (κ1) is 16.0. The fourth-order valence-electron chi connectivity index (χ4n) is 3.36. The number of carbonyl (C=O) groups is 1. The minimum Gasteiger partial charge on any atom is -0.341 e. The van der Waals surface area contributed by atoms with Gasteiger partial charge in [-0.25, -0.2) is 0 Å². The van der Waals surface area contributed by atoms with Crippen molar-refractivity contribution in [1.29, 1.82) is 0 Å². The third kappa shape index (κ3) is 3.46. The predicted octanol–water partition coefficient (Wildman–Crippen LogP) is 3.04. The largest absolute Gasteiger partial charge is 0.341 e. The first-order valence-corrected chi connectivity index (χ1v) is 8.01. The van der Waals surface area contributed by atoms with Gasteiger partial charge >= 0.3 is 0 Å². The Balaban J connectivity index is 2.11. The van der Waals surface area contributed by atoms with Crippen molar-refractivity contribution in [1.82, 2.24) is 10.2 Å². The van der Waals surface area contributed by atoms with Gasteiger partial charge in [0.2, 0.25) is 5.91 Å². The molecule has 1 unspecified atom stereocenters. The van der Waals surface area contributed by atoms with Crippen LogP contribution in [0.4, 0.5) is 0 Å². The van der Waals surface area contributed by atoms with Crippen molar-refractivity contribution in [2.75, 3.05) is 20.1 Å². The molecule has 0 radical (unpaired) electrons. The van der Waals surface area contributed by atoms with Crippen molar-refractivity contribution in [3.63, 3.8) is 0 Å². The maximum atomic E-state index is 12.9. The van der Waals surface area contributed by atoms with Crippen LogP contribution in [0.25, 0.3) is 0 Å². The van der Waals surface area contributed by atoms with Gasteiger partial charge in [0, 0.05) is 20.1 Å². The Hall–Kier alpha value is -1.35. The summed E-state index contributed by atoms with van der Waals surface area (Å²) in [5.74, 6) is 0.289. The number of nitrogens with zero attached hydrogens (tertiary/aromatic N) is 1. The van der Waals surface area contributed by atoms with Crippen molar-refractivity contribution >= 4 is 5.91 Å². The van der Waals surface area contributed by atoms with E-state index in [1.54, 1.807) is 0 Å². The van der Waals surface area contributed by atoms with Gasteiger partial charge in [0.25, 0.3) is 0 Å². The number of rotatable bonds is 4. The standard InChI is InChI=1S/C18H28N2O/c1-5-18(9-6-10-19-13-18)17(21)20(4)12-16-8-7-14(2)11-15(16)3/h7-8,11,19H,5-6,9-10,12-13H2,1-4H3. The maximum Gasteiger partial charge on any atom is 0.230 e. The number of aryl methyl sites for hydroxylation is 2. The zero-order valence-electron chi connectivity index (χ0n) is 13.8. The first-order valence-electron chi connectivity index (χ1n) is 8.01. The molecule has 0 bridgehead atoms. The first-order chi connectivity index (χ1) is 9.98. The Morgan fingerprint density at radius 1 is 1.38 bits per heavy atom. The molecular weight excluding hydrogens is 260 g/mol. The molecule has 0 aromatic heterocycles. The molecule has 1 aliphatic rings. The van der Waals surface area contributed by atoms with Gasteiger partial charge in [0.1, 0.15) is 0 Å². The predicted molar refractivity (Wildman–Crippen MR) is 87.2 cm³/mol. The molecule has 116 valence electrons. The van der Waals surface area contributed by atoms with Gasteiger partial charge in [-0.1, -0.05) is 30.7 Å². The van der Waals surface area contributed by atoms with Crippen LogP contribution in [0.15, 0.2) is 18.2 Å². The zero-order chi connectivity index (χ0) is 15.5. The average molecular weight is 288 g/mol. The van der Waals surface area contributed by atoms with E-state index < -0.39 is 0 Å². The van der Waals surface area contributed by atoms with Gasteiger partial charge in [0.15, 0.2) is 0 Å². The summed E-state index contributed by atoms with van der Waals surface area (Å²) in [7, 11) is 1.94. The van der Waals surface area contributed by atoms with Crippen molar-refractivity contribution in [2.45, 2.75) is 46.6 Å². The van der Waals surface area contributed by atoms with Gasteiger partial charge in [0.05, 0.1) is 5.41 Å². The molecule has 1 atom stereocenters. The van der Waals surface area contributed by atoms with Crippen LogP contribution in [0.5, 0.6) is 0 Å². The van der Waals surface area contributed by atoms with E-state index in [-0.39, 0.29) is 11.3 Å². The SMILES string of the molecule is CCC1(C(=O)N(C)Cc2ccc(C)cc2C)CCCNC1. The van der Waals surface area contributed by atoms with Crippen LogP contribution in [0.3, 0.4) is 0 Å². The number of carbonyl (C=O) groups excluding carboxylic acids is 1. The van der Waals surface area contributed by atoms with Crippen LogP contribution in [-0.2, 0) is 11.3 Å². The second-order valence-corrected chi connectivity index (χ2v) is 6.51. The highest BCUT2D eigenvalue weighted by atomic mass is 16.2. The summed E-state index contributed by atoms with van der Waals surface area (Å²) in [6.45, 7) is 8.92. The summed E-state index contributed by atoms with van der Waals surface area (Å²) in [5, 5.41) is 3.40. The molecule has 0 spiro atoms. The highest BCUT2D eigenvalue weighted by Crippen LogP contribution is 2.32. The zero-order valence-corrected chi connectivity index (χ0v) is 13.8. The number of amides is 1. The average Bonchev–Trinajstić information content (AvgIpc) is 2.50. The number of benzene rings is 1. The number of piperidine rings is 1. The molecule has 21 heavy (non-hydrogen) atoms. The Kier molecular flexibility index (Phi) is 5.04. The molecule has 0 aliphatic carbocycles. The third-order valence-electron chi connectivity index (χ3n) is 4.86. The van der Waals surface area contributed by atoms with Crippen molar-refractivity contribution < 1.29 is 4.79 Å². The summed E-state index contributed by atoms with van der Waals surface area (Å²) in [5.41, 5.74) is 3.58. The van der Waals surface area contributed by atoms with Crippen LogP contribution in [0.2, 0.25) is 0 Å². The van der Waals surface area contributed by atoms with E-state index in [2.05, 4.69) is 44.3 Å². The minimum atomic E-state index is -0.203. The Labute approximate surface area is 128 Å². The summed E-state index contributed by atoms with van der Waals surface area (Å²) in [6, 6.07) is 6.45. The highest BCUT2D eigenvalue weighted by molar-refractivity contribution is 5.83. The van der Waals surface area contributed by atoms with Gasteiger partial charge in [-0.3, -0.25) is 4.79 Å². The minimum absolute atomic E-state index is 0.203. The van der Waals surface area contributed by atoms with Crippen molar-refractivity contribution in [2.24, 2.45) is 5.41 Å². The Morgan fingerprint density at radius 2 is 2.14 bits per heavy atom. The van der Waals surface area contributed by atoms with E-state index in [4.69, 9.17) is 0 Å². The molecule has 1 amide bonds. The van der Waals surface area contributed by atoms with E-state index in [1.165, 1.54) is 16.7 Å². The van der Waals surface area contributed by atoms with Gasteiger partial charge in [-0.2, -0.15) is 0 Å². The molecule has 3 heteroatoms. The molecule has 0 saturated carbocycles. The molecule has 1 N–H and O–H groups in total. The molecule has 1 aromatic carbocycles. The lowest BCUT2D eigenvalue weighted by Gasteiger charge is -2.38. The van der Waals surface area contributed by atoms with Crippen LogP contribution in [-0.4, -0.2) is 30.9 Å². The molecule has 1 heterocycles. The molecule has 2 rings (SSSR count). The van der Waals surface area contributed by atoms with Gasteiger partial charge in [-0.05, 0) is 50.8 Å². The Bertz CT molecular complexity index is 504. The maximum absolute atomic E-state index is 12.9. The summed E-state index contributed by atoms with van der Waals surface area (Å²) in [6.07, 6.45) is 3.01. The third-order valence-corrected chi connectivity index (χ3v) is 4.86. The molecule has 3 nitrogen and oxygen atoms in total. The Morgan fingerprint density at radius 3 is 2.71 bits per heavy atom. The molecule has 1 aromatic rings. The smallest absolute Gasteiger partial charge is 0.230 e. The molecular formula is C18H28N2O. The monoisotopic (exact) mass is 288 g/mol. The lowest BCUT2D eigenvalue weighted by atomic mass is 9.77. The summed E-state index contributed by atoms with van der Waals surface area (Å²) >= 11 is 0. The fraction of sp³-hybridized carbons (Fsp3) is 0.611. The lowest BCUT2D eigenvalue weighted by Crippen LogP contribution is -2.50. The quantitative estimate of drug-likeness (QED) is 0.923. The second-order valence-electron chi connectivity index (χ2n) is 6.51. The van der Waals surface area contributed by atoms with E-state index in [9.17, 15) is 4.79 Å². The normalized spacial score (nSPS) is 22.1. The van der Waals surface area contributed by atoms with E-state index in [0.717, 1.165) is 32.4 Å². The van der Waals surface area contributed by atoms with Crippen LogP contribution < -0.4 is 5.32 Å². The van der Waals surface area contributed by atoms with Crippen molar-refractivity contribution in [3.05, 3.63) is 34.9 Å². The van der Waals surface area contributed by atoms with E-state index in [1.807, 2.05) is 11.9 Å². The van der Waals surface area contributed by atoms with Crippen LogP contribution in [0.1, 0.15) is 42.9 Å². The number of nitrogens with one attached hydrogen (secondary N) is 1. The van der Waals surface area contributed by atoms with Crippen molar-refractivity contribution in [3.8, 4) is 0 Å². The lowest BCUT2D eigenvalue weighted by molar-refractivity contribution is -0.142. The van der Waals surface area contributed by atoms with Gasteiger partial charge in [-0.15, -0.1) is 0 Å². The molecule has 1 aliphatic heterocycles. The van der Waals surface area contributed by atoms with E-state index >= 15 is 0 Å². The summed E-state index contributed by atoms with van der Waals surface area (Å²) < 4.78 is 0. The molecule has 1 saturated heterocycles. The van der Waals surface area contributed by atoms with Crippen LogP contribution in [0, 0.1) is 19.3 Å². The topological polar surface area (TPSA) is 32.3 Å². The van der Waals surface area contributed by atoms with E-state index in [0.29, 0.717) is 6.54 Å². The van der Waals surface area contributed by atoms with Crippen LogP contribution >= 0.6 is 0 Å². The number of hydrogen-bond donors (Lipinski definition) is 1. The highest BCUT2D eigenvalue weighted by Gasteiger charge is 2.39. The fourth-order valence-corrected chi connectivity index (χ4v) is 3.36. The van der Waals surface area contributed by atoms with Gasteiger partial charge < -0.3 is 10.2 Å². The number of hydrogen-bond acceptors (Lipinski definition) is 2. The second kappa shape index (κ2) is 6.61. The summed E-state index contributed by atoms with van der Waals surface area (Å²) in [4.78, 5) is 14.8.